The summed E-state index contributed by atoms with van der Waals surface area (Å²) >= 11 is 0. The maximum absolute atomic E-state index is 8.04. The quantitative estimate of drug-likeness (QED) is 0.578. The molecule has 1 aromatic rings. The minimum absolute atomic E-state index is 0.0582. The predicted molar refractivity (Wildman–Crippen MR) is 56.2 cm³/mol. The van der Waals surface area contributed by atoms with Crippen LogP contribution in [0.15, 0.2) is 24.3 Å². The first-order chi connectivity index (χ1) is 6.02. The van der Waals surface area contributed by atoms with Crippen LogP contribution in [-0.2, 0) is 6.40 Å². The van der Waals surface area contributed by atoms with Crippen molar-refractivity contribution < 1.29 is 1.37 Å². The molecule has 0 saturated carbocycles. The molecule has 0 heterocycles. The van der Waals surface area contributed by atoms with Gasteiger partial charge in [-0.15, -0.1) is 0 Å². The zero-order valence-corrected chi connectivity index (χ0v) is 8.96. The molecule has 0 aromatic heterocycles. The van der Waals surface area contributed by atoms with E-state index in [4.69, 9.17) is 1.37 Å². The minimum Gasteiger partial charge on any atom is -0.0691 e. The molecule has 64 valence electrons. The highest BCUT2D eigenvalue weighted by atomic mass is 28.3. The van der Waals surface area contributed by atoms with E-state index in [0.29, 0.717) is 5.54 Å². The first-order valence-corrected chi connectivity index (χ1v) is 8.10. The van der Waals surface area contributed by atoms with Crippen LogP contribution in [-0.4, -0.2) is 8.07 Å². The van der Waals surface area contributed by atoms with Gasteiger partial charge in [-0.05, 0) is 23.1 Å². The smallest absolute Gasteiger partial charge is 0.0525 e. The second-order valence-electron chi connectivity index (χ2n) is 4.64. The summed E-state index contributed by atoms with van der Waals surface area (Å²) in [6, 6.07) is 8.44. The number of hydrogen-bond donors (Lipinski definition) is 0. The molecule has 2 rings (SSSR count). The lowest BCUT2D eigenvalue weighted by Crippen LogP contribution is -2.38. The Kier molecular flexibility index (Phi) is 1.41. The van der Waals surface area contributed by atoms with Crippen molar-refractivity contribution in [3.8, 4) is 0 Å². The Labute approximate surface area is 77.0 Å². The van der Waals surface area contributed by atoms with E-state index in [0.717, 1.165) is 0 Å². The van der Waals surface area contributed by atoms with Crippen molar-refractivity contribution in [1.29, 1.82) is 0 Å². The van der Waals surface area contributed by atoms with E-state index >= 15 is 0 Å². The number of benzene rings is 1. The van der Waals surface area contributed by atoms with Gasteiger partial charge in [0.25, 0.3) is 0 Å². The van der Waals surface area contributed by atoms with Gasteiger partial charge in [-0.2, -0.15) is 0 Å². The van der Waals surface area contributed by atoms with Crippen molar-refractivity contribution in [3.63, 3.8) is 0 Å². The summed E-state index contributed by atoms with van der Waals surface area (Å²) in [5.41, 5.74) is 3.26. The van der Waals surface area contributed by atoms with E-state index in [2.05, 4.69) is 37.8 Å². The van der Waals surface area contributed by atoms with Gasteiger partial charge in [-0.3, -0.25) is 0 Å². The van der Waals surface area contributed by atoms with Crippen molar-refractivity contribution in [2.45, 2.75) is 31.6 Å². The highest BCUT2D eigenvalue weighted by Gasteiger charge is 2.35. The van der Waals surface area contributed by atoms with Crippen LogP contribution in [0.4, 0.5) is 0 Å². The largest absolute Gasteiger partial charge is 0.0691 e. The maximum atomic E-state index is 8.04. The Morgan fingerprint density at radius 1 is 1.33 bits per heavy atom. The molecule has 0 N–H and O–H groups in total. The van der Waals surface area contributed by atoms with Crippen LogP contribution in [0, 0.1) is 0 Å². The third-order valence-electron chi connectivity index (χ3n) is 2.61. The van der Waals surface area contributed by atoms with Gasteiger partial charge in [-0.25, -0.2) is 0 Å². The Hall–Kier alpha value is -0.563. The van der Waals surface area contributed by atoms with Gasteiger partial charge in [0.1, 0.15) is 0 Å². The fourth-order valence-corrected chi connectivity index (χ4v) is 3.71. The summed E-state index contributed by atoms with van der Waals surface area (Å²) in [4.78, 5) is 0. The monoisotopic (exact) mass is 177 g/mol. The van der Waals surface area contributed by atoms with Crippen LogP contribution in [0.25, 0.3) is 0 Å². The van der Waals surface area contributed by atoms with Crippen LogP contribution < -0.4 is 0 Å². The van der Waals surface area contributed by atoms with Crippen molar-refractivity contribution in [2.24, 2.45) is 0 Å². The van der Waals surface area contributed by atoms with Crippen molar-refractivity contribution in [2.75, 3.05) is 0 Å². The van der Waals surface area contributed by atoms with Crippen molar-refractivity contribution >= 4 is 8.07 Å². The fraction of sp³-hybridized carbons (Fsp3) is 0.455. The molecule has 1 heteroatoms. The molecule has 2 atom stereocenters. The van der Waals surface area contributed by atoms with Gasteiger partial charge in [0.15, 0.2) is 0 Å². The normalized spacial score (nSPS) is 28.8. The standard InChI is InChI=1S/C11H16Si/c1-12(2,3)11-8-9-6-4-5-7-10(9)11/h4-7,11H,8H2,1-3H3/t11-/m0/s1/i8D/t8-,11-. The fourth-order valence-electron chi connectivity index (χ4n) is 1.84. The highest BCUT2D eigenvalue weighted by molar-refractivity contribution is 6.77. The lowest BCUT2D eigenvalue weighted by Gasteiger charge is -2.38. The molecule has 0 aliphatic heterocycles. The Balaban J connectivity index is 2.40. The third-order valence-corrected chi connectivity index (χ3v) is 4.95. The van der Waals surface area contributed by atoms with E-state index < -0.39 is 8.07 Å². The number of fused-ring (bicyclic) bond motifs is 1. The van der Waals surface area contributed by atoms with E-state index in [-0.39, 0.29) is 6.40 Å². The average Bonchev–Trinajstić information content (AvgIpc) is 2.00. The molecule has 0 fully saturated rings. The van der Waals surface area contributed by atoms with Gasteiger partial charge in [0.2, 0.25) is 0 Å². The molecule has 0 amide bonds. The molecule has 0 bridgehead atoms. The molecular weight excluding hydrogens is 160 g/mol. The summed E-state index contributed by atoms with van der Waals surface area (Å²) < 4.78 is 8.04. The zero-order valence-electron chi connectivity index (χ0n) is 8.96. The lowest BCUT2D eigenvalue weighted by atomic mass is 9.88. The van der Waals surface area contributed by atoms with E-state index in [1.165, 1.54) is 11.1 Å². The molecule has 1 aliphatic carbocycles. The van der Waals surface area contributed by atoms with Crippen LogP contribution >= 0.6 is 0 Å². The summed E-state index contributed by atoms with van der Waals surface area (Å²) in [5, 5.41) is 0. The van der Waals surface area contributed by atoms with Gasteiger partial charge in [-0.1, -0.05) is 43.9 Å². The SMILES string of the molecule is [2H][C@H]1c2ccccc2[C@H]1[Si](C)(C)C. The predicted octanol–water partition coefficient (Wildman–Crippen LogP) is 3.20. The van der Waals surface area contributed by atoms with Crippen LogP contribution in [0.2, 0.25) is 19.6 Å². The molecule has 0 radical (unpaired) electrons. The highest BCUT2D eigenvalue weighted by Crippen LogP contribution is 2.40. The molecule has 0 unspecified atom stereocenters. The Bertz CT molecular complexity index is 327. The lowest BCUT2D eigenvalue weighted by molar-refractivity contribution is 0.770. The van der Waals surface area contributed by atoms with Crippen LogP contribution in [0.5, 0.6) is 0 Å². The first-order valence-electron chi connectivity index (χ1n) is 5.10. The molecule has 0 saturated heterocycles. The summed E-state index contributed by atoms with van der Waals surface area (Å²) in [7, 11) is -1.18. The molecule has 1 aliphatic rings. The number of hydrogen-bond acceptors (Lipinski definition) is 0. The van der Waals surface area contributed by atoms with Crippen LogP contribution in [0.3, 0.4) is 0 Å². The van der Waals surface area contributed by atoms with E-state index in [1.807, 2.05) is 6.07 Å². The summed E-state index contributed by atoms with van der Waals surface area (Å²) in [5.74, 6) is 0. The van der Waals surface area contributed by atoms with Gasteiger partial charge in [0, 0.05) is 1.37 Å². The first kappa shape index (κ1) is 6.90. The molecule has 0 spiro atoms. The van der Waals surface area contributed by atoms with E-state index in [9.17, 15) is 0 Å². The Morgan fingerprint density at radius 2 is 2.00 bits per heavy atom. The second-order valence-corrected chi connectivity index (χ2v) is 9.99. The van der Waals surface area contributed by atoms with E-state index in [1.54, 1.807) is 0 Å². The molecule has 12 heavy (non-hydrogen) atoms. The molecule has 0 nitrogen and oxygen atoms in total. The van der Waals surface area contributed by atoms with Crippen molar-refractivity contribution in [1.82, 2.24) is 0 Å². The zero-order chi connectivity index (χ0) is 9.64. The number of rotatable bonds is 1. The minimum atomic E-state index is -1.18. The van der Waals surface area contributed by atoms with Gasteiger partial charge in [0.05, 0.1) is 8.07 Å². The average molecular weight is 177 g/mol. The maximum Gasteiger partial charge on any atom is 0.0525 e. The van der Waals surface area contributed by atoms with Crippen molar-refractivity contribution in [3.05, 3.63) is 35.4 Å². The van der Waals surface area contributed by atoms with Gasteiger partial charge >= 0.3 is 0 Å². The summed E-state index contributed by atoms with van der Waals surface area (Å²) in [6.07, 6.45) is 0.0582. The third kappa shape index (κ3) is 1.12. The second kappa shape index (κ2) is 2.46. The molecule has 1 aromatic carbocycles. The summed E-state index contributed by atoms with van der Waals surface area (Å²) in [6.45, 7) is 7.07. The van der Waals surface area contributed by atoms with Crippen LogP contribution in [0.1, 0.15) is 18.0 Å². The molecular formula is C11H16Si. The Morgan fingerprint density at radius 3 is 2.67 bits per heavy atom. The topological polar surface area (TPSA) is 0 Å². The van der Waals surface area contributed by atoms with Gasteiger partial charge < -0.3 is 0 Å².